The molecule has 31 heavy (non-hydrogen) atoms. The third-order valence-electron chi connectivity index (χ3n) is 4.93. The van der Waals surface area contributed by atoms with E-state index in [1.54, 1.807) is 36.7 Å². The summed E-state index contributed by atoms with van der Waals surface area (Å²) in [6.07, 6.45) is 3.82. The number of carboxylic acid groups (broad SMARTS) is 1. The SMILES string of the molecule is CC(=O)NC(CC(=O)O)NC(=O)c1cccc(N2CCC(Nc3ncccn3)CC2)c1. The summed E-state index contributed by atoms with van der Waals surface area (Å²) in [5, 5.41) is 17.3. The average Bonchev–Trinajstić information content (AvgIpc) is 2.74. The van der Waals surface area contributed by atoms with Crippen molar-refractivity contribution in [2.75, 3.05) is 23.3 Å². The monoisotopic (exact) mass is 426 g/mol. The Morgan fingerprint density at radius 1 is 1.13 bits per heavy atom. The standard InChI is InChI=1S/C21H26N6O4/c1-14(28)24-18(13-19(29)30)26-20(31)15-4-2-5-17(12-15)27-10-6-16(7-11-27)25-21-22-8-3-9-23-21/h2-5,8-9,12,16,18H,6-7,10-11,13H2,1H3,(H,24,28)(H,26,31)(H,29,30)(H,22,23,25). The summed E-state index contributed by atoms with van der Waals surface area (Å²) in [6, 6.07) is 9.21. The largest absolute Gasteiger partial charge is 0.481 e. The number of carbonyl (C=O) groups is 3. The van der Waals surface area contributed by atoms with Gasteiger partial charge in [0.25, 0.3) is 5.91 Å². The van der Waals surface area contributed by atoms with Crippen LogP contribution in [0.4, 0.5) is 11.6 Å². The van der Waals surface area contributed by atoms with Crippen LogP contribution in [0.5, 0.6) is 0 Å². The zero-order chi connectivity index (χ0) is 22.2. The summed E-state index contributed by atoms with van der Waals surface area (Å²) < 4.78 is 0. The molecule has 1 aromatic carbocycles. The van der Waals surface area contributed by atoms with Crippen molar-refractivity contribution < 1.29 is 19.5 Å². The fourth-order valence-electron chi connectivity index (χ4n) is 3.48. The van der Waals surface area contributed by atoms with Gasteiger partial charge in [0.1, 0.15) is 6.17 Å². The lowest BCUT2D eigenvalue weighted by atomic mass is 10.0. The highest BCUT2D eigenvalue weighted by atomic mass is 16.4. The van der Waals surface area contributed by atoms with E-state index >= 15 is 0 Å². The van der Waals surface area contributed by atoms with Crippen LogP contribution < -0.4 is 20.9 Å². The molecule has 2 heterocycles. The Labute approximate surface area is 180 Å². The number of aliphatic carboxylic acids is 1. The molecule has 10 heteroatoms. The summed E-state index contributed by atoms with van der Waals surface area (Å²) in [7, 11) is 0. The average molecular weight is 426 g/mol. The second-order valence-corrected chi connectivity index (χ2v) is 7.35. The van der Waals surface area contributed by atoms with Gasteiger partial charge in [0, 0.05) is 49.7 Å². The van der Waals surface area contributed by atoms with Crippen molar-refractivity contribution in [2.45, 2.75) is 38.4 Å². The molecule has 0 spiro atoms. The number of piperidine rings is 1. The van der Waals surface area contributed by atoms with Crippen LogP contribution in [0, 0.1) is 0 Å². The van der Waals surface area contributed by atoms with Gasteiger partial charge in [-0.1, -0.05) is 6.07 Å². The number of hydrogen-bond acceptors (Lipinski definition) is 7. The number of carbonyl (C=O) groups excluding carboxylic acids is 2. The van der Waals surface area contributed by atoms with Crippen LogP contribution in [0.1, 0.15) is 36.5 Å². The van der Waals surface area contributed by atoms with Gasteiger partial charge in [-0.2, -0.15) is 0 Å². The first kappa shape index (κ1) is 22.0. The number of rotatable bonds is 8. The topological polar surface area (TPSA) is 137 Å². The van der Waals surface area contributed by atoms with E-state index in [0.717, 1.165) is 31.6 Å². The number of hydrogen-bond donors (Lipinski definition) is 4. The normalized spacial score (nSPS) is 15.1. The van der Waals surface area contributed by atoms with Crippen molar-refractivity contribution in [1.82, 2.24) is 20.6 Å². The highest BCUT2D eigenvalue weighted by Crippen LogP contribution is 2.22. The second-order valence-electron chi connectivity index (χ2n) is 7.35. The maximum Gasteiger partial charge on any atom is 0.307 e. The summed E-state index contributed by atoms with van der Waals surface area (Å²) >= 11 is 0. The molecule has 2 aromatic rings. The van der Waals surface area contributed by atoms with E-state index in [1.807, 2.05) is 6.07 Å². The van der Waals surface area contributed by atoms with Crippen molar-refractivity contribution in [3.63, 3.8) is 0 Å². The van der Waals surface area contributed by atoms with E-state index in [0.29, 0.717) is 11.5 Å². The fraction of sp³-hybridized carbons (Fsp3) is 0.381. The van der Waals surface area contributed by atoms with Crippen LogP contribution >= 0.6 is 0 Å². The molecule has 1 aliphatic rings. The second kappa shape index (κ2) is 10.4. The quantitative estimate of drug-likeness (QED) is 0.463. The van der Waals surface area contributed by atoms with Crippen molar-refractivity contribution in [3.05, 3.63) is 48.3 Å². The molecule has 10 nitrogen and oxygen atoms in total. The van der Waals surface area contributed by atoms with Crippen LogP contribution in [0.25, 0.3) is 0 Å². The van der Waals surface area contributed by atoms with Crippen molar-refractivity contribution in [1.29, 1.82) is 0 Å². The molecule has 1 aromatic heterocycles. The van der Waals surface area contributed by atoms with Gasteiger partial charge in [-0.15, -0.1) is 0 Å². The van der Waals surface area contributed by atoms with Crippen LogP contribution in [-0.2, 0) is 9.59 Å². The minimum atomic E-state index is -1.12. The molecule has 2 amide bonds. The van der Waals surface area contributed by atoms with Gasteiger partial charge in [-0.25, -0.2) is 9.97 Å². The molecular formula is C21H26N6O4. The van der Waals surface area contributed by atoms with E-state index in [9.17, 15) is 14.4 Å². The zero-order valence-corrected chi connectivity index (χ0v) is 17.2. The number of nitrogens with one attached hydrogen (secondary N) is 3. The number of aromatic nitrogens is 2. The van der Waals surface area contributed by atoms with Crippen LogP contribution in [0.2, 0.25) is 0 Å². The van der Waals surface area contributed by atoms with E-state index in [4.69, 9.17) is 5.11 Å². The Balaban J connectivity index is 1.59. The minimum absolute atomic E-state index is 0.277. The molecule has 3 rings (SSSR count). The predicted octanol–water partition coefficient (Wildman–Crippen LogP) is 1.22. The molecule has 1 aliphatic heterocycles. The lowest BCUT2D eigenvalue weighted by Gasteiger charge is -2.34. The summed E-state index contributed by atoms with van der Waals surface area (Å²) in [6.45, 7) is 2.89. The smallest absolute Gasteiger partial charge is 0.307 e. The van der Waals surface area contributed by atoms with Crippen LogP contribution in [0.15, 0.2) is 42.7 Å². The van der Waals surface area contributed by atoms with Gasteiger partial charge < -0.3 is 26.0 Å². The van der Waals surface area contributed by atoms with Crippen molar-refractivity contribution in [3.8, 4) is 0 Å². The van der Waals surface area contributed by atoms with E-state index < -0.39 is 30.4 Å². The minimum Gasteiger partial charge on any atom is -0.481 e. The van der Waals surface area contributed by atoms with Crippen molar-refractivity contribution >= 4 is 29.4 Å². The van der Waals surface area contributed by atoms with E-state index in [2.05, 4.69) is 30.8 Å². The molecule has 1 fully saturated rings. The lowest BCUT2D eigenvalue weighted by Crippen LogP contribution is -2.48. The fourth-order valence-corrected chi connectivity index (χ4v) is 3.48. The van der Waals surface area contributed by atoms with Gasteiger partial charge in [-0.05, 0) is 37.1 Å². The maximum atomic E-state index is 12.6. The molecule has 164 valence electrons. The van der Waals surface area contributed by atoms with Gasteiger partial charge in [0.2, 0.25) is 11.9 Å². The summed E-state index contributed by atoms with van der Waals surface area (Å²) in [5.41, 5.74) is 1.31. The molecule has 0 aliphatic carbocycles. The molecule has 0 saturated carbocycles. The van der Waals surface area contributed by atoms with Crippen LogP contribution in [-0.4, -0.2) is 58.2 Å². The predicted molar refractivity (Wildman–Crippen MR) is 115 cm³/mol. The Bertz CT molecular complexity index is 899. The number of benzene rings is 1. The van der Waals surface area contributed by atoms with Gasteiger partial charge >= 0.3 is 5.97 Å². The maximum absolute atomic E-state index is 12.6. The first-order chi connectivity index (χ1) is 14.9. The molecule has 1 atom stereocenters. The number of carboxylic acids is 1. The number of amides is 2. The van der Waals surface area contributed by atoms with Crippen molar-refractivity contribution in [2.24, 2.45) is 0 Å². The first-order valence-corrected chi connectivity index (χ1v) is 10.1. The molecule has 1 unspecified atom stereocenters. The Hall–Kier alpha value is -3.69. The van der Waals surface area contributed by atoms with E-state index in [1.165, 1.54) is 6.92 Å². The zero-order valence-electron chi connectivity index (χ0n) is 17.2. The first-order valence-electron chi connectivity index (χ1n) is 10.1. The molecular weight excluding hydrogens is 400 g/mol. The number of nitrogens with zero attached hydrogens (tertiary/aromatic N) is 3. The highest BCUT2D eigenvalue weighted by molar-refractivity contribution is 5.95. The number of anilines is 2. The Kier molecular flexibility index (Phi) is 7.36. The van der Waals surface area contributed by atoms with Gasteiger partial charge in [-0.3, -0.25) is 14.4 Å². The third kappa shape index (κ3) is 6.66. The summed E-state index contributed by atoms with van der Waals surface area (Å²) in [4.78, 5) is 45.5. The molecule has 1 saturated heterocycles. The summed E-state index contributed by atoms with van der Waals surface area (Å²) in [5.74, 6) is -1.36. The lowest BCUT2D eigenvalue weighted by molar-refractivity contribution is -0.137. The Morgan fingerprint density at radius 2 is 1.84 bits per heavy atom. The van der Waals surface area contributed by atoms with Gasteiger partial charge in [0.05, 0.1) is 6.42 Å². The third-order valence-corrected chi connectivity index (χ3v) is 4.93. The van der Waals surface area contributed by atoms with Crippen LogP contribution in [0.3, 0.4) is 0 Å². The molecule has 4 N–H and O–H groups in total. The Morgan fingerprint density at radius 3 is 2.48 bits per heavy atom. The highest BCUT2D eigenvalue weighted by Gasteiger charge is 2.22. The molecule has 0 radical (unpaired) electrons. The van der Waals surface area contributed by atoms with Gasteiger partial charge in [0.15, 0.2) is 0 Å². The van der Waals surface area contributed by atoms with E-state index in [-0.39, 0.29) is 6.04 Å². The molecule has 0 bridgehead atoms.